The van der Waals surface area contributed by atoms with E-state index >= 15 is 0 Å². The molecular formula is C31H42N2O4. The Hall–Kier alpha value is -2.88. The molecule has 1 N–H and O–H groups in total. The molecule has 6 heteroatoms. The van der Waals surface area contributed by atoms with Crippen molar-refractivity contribution in [1.82, 2.24) is 4.90 Å². The summed E-state index contributed by atoms with van der Waals surface area (Å²) in [5.41, 5.74) is 4.25. The normalized spacial score (nSPS) is 14.9. The highest BCUT2D eigenvalue weighted by Crippen LogP contribution is 2.30. The molecule has 2 atom stereocenters. The van der Waals surface area contributed by atoms with Crippen LogP contribution in [0.3, 0.4) is 0 Å². The van der Waals surface area contributed by atoms with Gasteiger partial charge in [0.2, 0.25) is 0 Å². The van der Waals surface area contributed by atoms with Gasteiger partial charge in [0.25, 0.3) is 0 Å². The molecule has 2 aromatic carbocycles. The lowest BCUT2D eigenvalue weighted by molar-refractivity contribution is -0.149. The summed E-state index contributed by atoms with van der Waals surface area (Å²) in [5, 5.41) is 20.2. The summed E-state index contributed by atoms with van der Waals surface area (Å²) in [6.07, 6.45) is 5.02. The molecule has 200 valence electrons. The van der Waals surface area contributed by atoms with Crippen LogP contribution < -0.4 is 4.74 Å². The molecule has 0 aromatic heterocycles. The molecule has 0 saturated carbocycles. The molecular weight excluding hydrogens is 464 g/mol. The predicted octanol–water partition coefficient (Wildman–Crippen LogP) is 5.09. The van der Waals surface area contributed by atoms with Gasteiger partial charge < -0.3 is 19.5 Å². The van der Waals surface area contributed by atoms with Crippen molar-refractivity contribution >= 4 is 5.97 Å². The number of carbonyl (C=O) groups excluding carboxylic acids is 1. The van der Waals surface area contributed by atoms with Gasteiger partial charge in [-0.3, -0.25) is 4.79 Å². The first-order chi connectivity index (χ1) is 17.8. The lowest BCUT2D eigenvalue weighted by atomic mass is 9.97. The Kier molecular flexibility index (Phi) is 11.0. The van der Waals surface area contributed by atoms with Crippen molar-refractivity contribution in [3.05, 3.63) is 64.7 Å². The Balaban J connectivity index is 1.46. The van der Waals surface area contributed by atoms with Gasteiger partial charge in [-0.15, -0.1) is 0 Å². The van der Waals surface area contributed by atoms with Crippen LogP contribution in [0.2, 0.25) is 0 Å². The van der Waals surface area contributed by atoms with E-state index in [4.69, 9.17) is 9.47 Å². The van der Waals surface area contributed by atoms with Crippen LogP contribution in [-0.2, 0) is 28.8 Å². The average Bonchev–Trinajstić information content (AvgIpc) is 3.31. The van der Waals surface area contributed by atoms with E-state index in [-0.39, 0.29) is 25.1 Å². The number of esters is 1. The van der Waals surface area contributed by atoms with Gasteiger partial charge in [0.05, 0.1) is 5.56 Å². The third-order valence-corrected chi connectivity index (χ3v) is 7.49. The van der Waals surface area contributed by atoms with Crippen LogP contribution in [-0.4, -0.2) is 54.4 Å². The number of likely N-dealkylation sites (N-methyl/N-ethyl adjacent to an activating group) is 1. The van der Waals surface area contributed by atoms with Gasteiger partial charge in [0.15, 0.2) is 0 Å². The van der Waals surface area contributed by atoms with Crippen molar-refractivity contribution in [3.8, 4) is 11.8 Å². The second-order valence-corrected chi connectivity index (χ2v) is 10.4. The first-order valence-electron chi connectivity index (χ1n) is 13.6. The topological polar surface area (TPSA) is 82.8 Å². The molecule has 0 saturated heterocycles. The van der Waals surface area contributed by atoms with Crippen molar-refractivity contribution in [3.63, 3.8) is 0 Å². The monoisotopic (exact) mass is 506 g/mol. The van der Waals surface area contributed by atoms with E-state index < -0.39 is 6.10 Å². The molecule has 0 heterocycles. The second-order valence-electron chi connectivity index (χ2n) is 10.4. The molecule has 3 rings (SSSR count). The smallest absolute Gasteiger partial charge is 0.306 e. The zero-order chi connectivity index (χ0) is 26.8. The summed E-state index contributed by atoms with van der Waals surface area (Å²) >= 11 is 0. The molecule has 0 aliphatic heterocycles. The van der Waals surface area contributed by atoms with E-state index in [0.29, 0.717) is 36.2 Å². The third-order valence-electron chi connectivity index (χ3n) is 7.49. The van der Waals surface area contributed by atoms with Gasteiger partial charge in [0, 0.05) is 19.0 Å². The maximum absolute atomic E-state index is 12.1. The minimum absolute atomic E-state index is 0.0378. The van der Waals surface area contributed by atoms with Crippen LogP contribution in [0.5, 0.6) is 5.75 Å². The highest BCUT2D eigenvalue weighted by molar-refractivity contribution is 5.70. The van der Waals surface area contributed by atoms with E-state index in [1.165, 1.54) is 11.1 Å². The summed E-state index contributed by atoms with van der Waals surface area (Å²) < 4.78 is 11.4. The van der Waals surface area contributed by atoms with Gasteiger partial charge in [-0.05, 0) is 87.2 Å². The quantitative estimate of drug-likeness (QED) is 0.360. The SMILES string of the molecule is CCC(CC)OC(=O)CCc1ccc(C#N)c(OC[C@H](O)CN(C)C(C)CC2Cc3ccccc3C2)c1. The number of hydrogen-bond acceptors (Lipinski definition) is 6. The van der Waals surface area contributed by atoms with Crippen LogP contribution in [0.4, 0.5) is 0 Å². The van der Waals surface area contributed by atoms with E-state index in [1.54, 1.807) is 12.1 Å². The van der Waals surface area contributed by atoms with E-state index in [1.807, 2.05) is 27.0 Å². The number of carbonyl (C=O) groups is 1. The second kappa shape index (κ2) is 14.2. The fourth-order valence-corrected chi connectivity index (χ4v) is 5.11. The standard InChI is InChI=1S/C31H42N2O4/c1-5-29(6-2)37-31(35)14-12-23-11-13-27(19-32)30(18-23)36-21-28(34)20-33(4)22(3)15-24-16-25-9-7-8-10-26(25)17-24/h7-11,13,18,22,24,28-29,34H,5-6,12,14-17,20-21H2,1-4H3/t22?,28-/m1/s1. The van der Waals surface area contributed by atoms with Crippen LogP contribution in [0.25, 0.3) is 0 Å². The van der Waals surface area contributed by atoms with E-state index in [0.717, 1.165) is 37.7 Å². The van der Waals surface area contributed by atoms with Gasteiger partial charge >= 0.3 is 5.97 Å². The number of benzene rings is 2. The average molecular weight is 507 g/mol. The highest BCUT2D eigenvalue weighted by atomic mass is 16.5. The Morgan fingerprint density at radius 3 is 2.46 bits per heavy atom. The fourth-order valence-electron chi connectivity index (χ4n) is 5.11. The molecule has 0 fully saturated rings. The summed E-state index contributed by atoms with van der Waals surface area (Å²) in [6, 6.07) is 16.5. The number of rotatable bonds is 14. The maximum atomic E-state index is 12.1. The summed E-state index contributed by atoms with van der Waals surface area (Å²) in [5.74, 6) is 0.859. The van der Waals surface area contributed by atoms with Gasteiger partial charge in [-0.25, -0.2) is 0 Å². The number of aliphatic hydroxyl groups excluding tert-OH is 1. The Labute approximate surface area is 222 Å². The molecule has 6 nitrogen and oxygen atoms in total. The molecule has 0 spiro atoms. The first kappa shape index (κ1) is 28.7. The lowest BCUT2D eigenvalue weighted by Crippen LogP contribution is -2.39. The molecule has 1 aliphatic carbocycles. The number of nitriles is 1. The molecule has 1 unspecified atom stereocenters. The van der Waals surface area contributed by atoms with Crippen molar-refractivity contribution in [1.29, 1.82) is 5.26 Å². The summed E-state index contributed by atoms with van der Waals surface area (Å²) in [4.78, 5) is 14.3. The summed E-state index contributed by atoms with van der Waals surface area (Å²) in [7, 11) is 2.04. The minimum Gasteiger partial charge on any atom is -0.489 e. The number of nitrogens with zero attached hydrogens (tertiary/aromatic N) is 2. The maximum Gasteiger partial charge on any atom is 0.306 e. The van der Waals surface area contributed by atoms with Gasteiger partial charge in [-0.1, -0.05) is 44.2 Å². The van der Waals surface area contributed by atoms with E-state index in [9.17, 15) is 15.2 Å². The van der Waals surface area contributed by atoms with Crippen molar-refractivity contribution in [2.45, 2.75) is 84.0 Å². The number of fused-ring (bicyclic) bond motifs is 1. The third kappa shape index (κ3) is 8.59. The van der Waals surface area contributed by atoms with Gasteiger partial charge in [0.1, 0.15) is 30.6 Å². The molecule has 0 radical (unpaired) electrons. The number of ether oxygens (including phenoxy) is 2. The van der Waals surface area contributed by atoms with Crippen molar-refractivity contribution < 1.29 is 19.4 Å². The number of aliphatic hydroxyl groups is 1. The predicted molar refractivity (Wildman–Crippen MR) is 145 cm³/mol. The Bertz CT molecular complexity index is 1030. The van der Waals surface area contributed by atoms with Crippen molar-refractivity contribution in [2.75, 3.05) is 20.2 Å². The molecule has 0 bridgehead atoms. The zero-order valence-corrected chi connectivity index (χ0v) is 22.8. The Morgan fingerprint density at radius 1 is 1.16 bits per heavy atom. The van der Waals surface area contributed by atoms with E-state index in [2.05, 4.69) is 42.2 Å². The van der Waals surface area contributed by atoms with Crippen molar-refractivity contribution in [2.24, 2.45) is 5.92 Å². The Morgan fingerprint density at radius 2 is 1.84 bits per heavy atom. The lowest BCUT2D eigenvalue weighted by Gasteiger charge is -2.29. The first-order valence-corrected chi connectivity index (χ1v) is 13.6. The van der Waals surface area contributed by atoms with Gasteiger partial charge in [-0.2, -0.15) is 5.26 Å². The number of hydrogen-bond donors (Lipinski definition) is 1. The zero-order valence-electron chi connectivity index (χ0n) is 22.8. The fraction of sp³-hybridized carbons (Fsp3) is 0.548. The van der Waals surface area contributed by atoms with Crippen LogP contribution in [0.1, 0.15) is 68.7 Å². The molecule has 1 aliphatic rings. The highest BCUT2D eigenvalue weighted by Gasteiger charge is 2.25. The molecule has 2 aromatic rings. The van der Waals surface area contributed by atoms with Crippen LogP contribution in [0.15, 0.2) is 42.5 Å². The number of aryl methyl sites for hydroxylation is 1. The van der Waals surface area contributed by atoms with Crippen LogP contribution >= 0.6 is 0 Å². The summed E-state index contributed by atoms with van der Waals surface area (Å²) in [6.45, 7) is 6.81. The molecule has 37 heavy (non-hydrogen) atoms. The van der Waals surface area contributed by atoms with Crippen LogP contribution in [0, 0.1) is 17.2 Å². The minimum atomic E-state index is -0.682. The molecule has 0 amide bonds. The largest absolute Gasteiger partial charge is 0.489 e.